The summed E-state index contributed by atoms with van der Waals surface area (Å²) in [6, 6.07) is 0. The van der Waals surface area contributed by atoms with Crippen LogP contribution in [-0.4, -0.2) is 12.9 Å². The minimum absolute atomic E-state index is 1.01. The average Bonchev–Trinajstić information content (AvgIpc) is 1.59. The van der Waals surface area contributed by atoms with Gasteiger partial charge in [0.1, 0.15) is 0 Å². The summed E-state index contributed by atoms with van der Waals surface area (Å²) >= 11 is 10.7. The van der Waals surface area contributed by atoms with Gasteiger partial charge in [0.25, 0.3) is 6.69 Å². The normalized spacial score (nSPS) is 17.1. The lowest BCUT2D eigenvalue weighted by Crippen LogP contribution is -2.32. The molecule has 0 rings (SSSR count). The van der Waals surface area contributed by atoms with Crippen molar-refractivity contribution in [1.29, 1.82) is 0 Å². The number of rotatable bonds is 1. The molecule has 0 aliphatic heterocycles. The summed E-state index contributed by atoms with van der Waals surface area (Å²) in [6.07, 6.45) is -4.26. The first kappa shape index (κ1) is 10.6. The van der Waals surface area contributed by atoms with Crippen molar-refractivity contribution in [1.82, 2.24) is 0 Å². The monoisotopic (exact) mass is 210 g/mol. The van der Waals surface area contributed by atoms with Crippen LogP contribution >= 0.6 is 22.2 Å². The summed E-state index contributed by atoms with van der Waals surface area (Å²) in [6.45, 7) is -0.812. The molecule has 0 aromatic heterocycles. The van der Waals surface area contributed by atoms with Crippen LogP contribution in [0.15, 0.2) is 0 Å². The third-order valence-corrected chi connectivity index (χ3v) is 5.06. The number of alkyl halides is 3. The Labute approximate surface area is 67.7 Å². The molecular weight excluding hydrogens is 204 g/mol. The SMILES string of the molecule is CC(C(F)(F)F)[Si](C)(Cl)Cl. The smallest absolute Gasteiger partial charge is 0.171 e. The van der Waals surface area contributed by atoms with Crippen LogP contribution in [0.4, 0.5) is 13.2 Å². The van der Waals surface area contributed by atoms with Gasteiger partial charge in [-0.3, -0.25) is 0 Å². The van der Waals surface area contributed by atoms with Gasteiger partial charge >= 0.3 is 6.18 Å². The standard InChI is InChI=1S/C4H7Cl2F3Si/c1-3(4(7,8)9)10(2,5)6/h3H,1-2H3. The summed E-state index contributed by atoms with van der Waals surface area (Å²) in [5, 5.41) is 0. The molecule has 0 nitrogen and oxygen atoms in total. The van der Waals surface area contributed by atoms with E-state index in [9.17, 15) is 13.2 Å². The Balaban J connectivity index is 4.23. The lowest BCUT2D eigenvalue weighted by atomic mass is 10.5. The second-order valence-corrected chi connectivity index (χ2v) is 10.3. The van der Waals surface area contributed by atoms with Crippen LogP contribution in [0, 0.1) is 0 Å². The highest BCUT2D eigenvalue weighted by molar-refractivity contribution is 7.45. The van der Waals surface area contributed by atoms with Crippen molar-refractivity contribution in [3.05, 3.63) is 0 Å². The molecule has 0 saturated carbocycles. The quantitative estimate of drug-likeness (QED) is 0.460. The zero-order valence-corrected chi connectivity index (χ0v) is 7.98. The molecule has 1 unspecified atom stereocenters. The Morgan fingerprint density at radius 2 is 1.60 bits per heavy atom. The van der Waals surface area contributed by atoms with Crippen LogP contribution in [0.3, 0.4) is 0 Å². The van der Waals surface area contributed by atoms with Crippen molar-refractivity contribution in [2.45, 2.75) is 25.2 Å². The molecule has 0 saturated heterocycles. The van der Waals surface area contributed by atoms with Crippen LogP contribution in [0.2, 0.25) is 12.1 Å². The maximum atomic E-state index is 11.8. The highest BCUT2D eigenvalue weighted by Crippen LogP contribution is 2.42. The fourth-order valence-corrected chi connectivity index (χ4v) is 1.60. The van der Waals surface area contributed by atoms with Gasteiger partial charge in [0.15, 0.2) is 0 Å². The predicted octanol–water partition coefficient (Wildman–Crippen LogP) is 3.49. The molecule has 0 aliphatic carbocycles. The molecule has 0 aromatic rings. The van der Waals surface area contributed by atoms with Crippen LogP contribution < -0.4 is 0 Å². The molecule has 0 bridgehead atoms. The topological polar surface area (TPSA) is 0 Å². The van der Waals surface area contributed by atoms with E-state index in [4.69, 9.17) is 22.2 Å². The van der Waals surface area contributed by atoms with Gasteiger partial charge in [-0.2, -0.15) is 13.2 Å². The predicted molar refractivity (Wildman–Crippen MR) is 38.8 cm³/mol. The summed E-state index contributed by atoms with van der Waals surface area (Å²) in [4.78, 5) is 0. The van der Waals surface area contributed by atoms with E-state index >= 15 is 0 Å². The van der Waals surface area contributed by atoms with Crippen LogP contribution in [-0.2, 0) is 0 Å². The molecule has 0 radical (unpaired) electrons. The third-order valence-electron chi connectivity index (χ3n) is 1.25. The summed E-state index contributed by atoms with van der Waals surface area (Å²) < 4.78 is 35.4. The molecule has 0 spiro atoms. The summed E-state index contributed by atoms with van der Waals surface area (Å²) in [7, 11) is 0. The minimum Gasteiger partial charge on any atom is -0.171 e. The zero-order chi connectivity index (χ0) is 8.58. The molecule has 0 heterocycles. The van der Waals surface area contributed by atoms with Crippen LogP contribution in [0.1, 0.15) is 6.92 Å². The van der Waals surface area contributed by atoms with Gasteiger partial charge in [-0.25, -0.2) is 0 Å². The van der Waals surface area contributed by atoms with Gasteiger partial charge in [-0.15, -0.1) is 22.2 Å². The molecule has 62 valence electrons. The zero-order valence-electron chi connectivity index (χ0n) is 5.47. The van der Waals surface area contributed by atoms with Crippen molar-refractivity contribution in [3.8, 4) is 0 Å². The third kappa shape index (κ3) is 3.12. The van der Waals surface area contributed by atoms with Crippen molar-refractivity contribution < 1.29 is 13.2 Å². The Hall–Kier alpha value is 0.587. The molecule has 0 N–H and O–H groups in total. The highest BCUT2D eigenvalue weighted by atomic mass is 35.7. The molecule has 1 atom stereocenters. The first-order valence-electron chi connectivity index (χ1n) is 2.60. The van der Waals surface area contributed by atoms with Gasteiger partial charge in [0, 0.05) is 0 Å². The highest BCUT2D eigenvalue weighted by Gasteiger charge is 2.48. The average molecular weight is 211 g/mol. The van der Waals surface area contributed by atoms with E-state index in [0.29, 0.717) is 0 Å². The van der Waals surface area contributed by atoms with E-state index in [-0.39, 0.29) is 0 Å². The molecule has 6 heteroatoms. The molecule has 0 fully saturated rings. The van der Waals surface area contributed by atoms with E-state index in [1.165, 1.54) is 6.55 Å². The Morgan fingerprint density at radius 1 is 1.30 bits per heavy atom. The Morgan fingerprint density at radius 3 is 1.60 bits per heavy atom. The maximum Gasteiger partial charge on any atom is 0.391 e. The van der Waals surface area contributed by atoms with Crippen molar-refractivity contribution in [2.24, 2.45) is 0 Å². The molecule has 0 amide bonds. The Kier molecular flexibility index (Phi) is 3.08. The van der Waals surface area contributed by atoms with E-state index in [0.717, 1.165) is 6.92 Å². The fourth-order valence-electron chi connectivity index (χ4n) is 0.287. The van der Waals surface area contributed by atoms with Crippen LogP contribution in [0.5, 0.6) is 0 Å². The van der Waals surface area contributed by atoms with Gasteiger partial charge in [-0.1, -0.05) is 6.92 Å². The molecule has 0 aliphatic rings. The van der Waals surface area contributed by atoms with Crippen molar-refractivity contribution in [2.75, 3.05) is 0 Å². The second-order valence-electron chi connectivity index (χ2n) is 2.22. The lowest BCUT2D eigenvalue weighted by molar-refractivity contribution is -0.130. The van der Waals surface area contributed by atoms with Gasteiger partial charge in [0.05, 0.1) is 5.54 Å². The van der Waals surface area contributed by atoms with E-state index < -0.39 is 18.4 Å². The second kappa shape index (κ2) is 2.91. The van der Waals surface area contributed by atoms with E-state index in [2.05, 4.69) is 0 Å². The van der Waals surface area contributed by atoms with Crippen molar-refractivity contribution >= 4 is 28.9 Å². The summed E-state index contributed by atoms with van der Waals surface area (Å²) in [5.74, 6) is 0. The number of hydrogen-bond donors (Lipinski definition) is 0. The maximum absolute atomic E-state index is 11.8. The number of hydrogen-bond acceptors (Lipinski definition) is 0. The lowest BCUT2D eigenvalue weighted by Gasteiger charge is -2.21. The van der Waals surface area contributed by atoms with Crippen LogP contribution in [0.25, 0.3) is 0 Å². The summed E-state index contributed by atoms with van der Waals surface area (Å²) in [5.41, 5.74) is -1.57. The number of halogens is 5. The first-order valence-corrected chi connectivity index (χ1v) is 7.20. The van der Waals surface area contributed by atoms with Gasteiger partial charge in [0.2, 0.25) is 0 Å². The van der Waals surface area contributed by atoms with E-state index in [1.54, 1.807) is 0 Å². The minimum atomic E-state index is -4.26. The van der Waals surface area contributed by atoms with Crippen molar-refractivity contribution in [3.63, 3.8) is 0 Å². The Bertz CT molecular complexity index is 103. The largest absolute Gasteiger partial charge is 0.391 e. The first-order chi connectivity index (χ1) is 4.15. The fraction of sp³-hybridized carbons (Fsp3) is 1.00. The molecule has 10 heavy (non-hydrogen) atoms. The molecular formula is C4H7Cl2F3Si. The van der Waals surface area contributed by atoms with E-state index in [1.807, 2.05) is 0 Å². The van der Waals surface area contributed by atoms with Gasteiger partial charge < -0.3 is 0 Å². The molecule has 0 aromatic carbocycles. The van der Waals surface area contributed by atoms with Gasteiger partial charge in [-0.05, 0) is 6.55 Å².